The number of benzene rings is 1. The molecule has 2 atom stereocenters. The van der Waals surface area contributed by atoms with E-state index in [1.165, 1.54) is 0 Å². The van der Waals surface area contributed by atoms with Gasteiger partial charge < -0.3 is 5.32 Å². The van der Waals surface area contributed by atoms with Gasteiger partial charge >= 0.3 is 0 Å². The third kappa shape index (κ3) is 6.91. The highest BCUT2D eigenvalue weighted by molar-refractivity contribution is 5.77. The van der Waals surface area contributed by atoms with Crippen LogP contribution in [0, 0.1) is 32.5 Å². The van der Waals surface area contributed by atoms with Gasteiger partial charge in [0.1, 0.15) is 5.82 Å². The number of pyridine rings is 1. The van der Waals surface area contributed by atoms with E-state index in [1.807, 2.05) is 19.2 Å². The quantitative estimate of drug-likeness (QED) is 0.315. The van der Waals surface area contributed by atoms with Crippen molar-refractivity contribution < 1.29 is 14.4 Å². The summed E-state index contributed by atoms with van der Waals surface area (Å²) in [5.41, 5.74) is 5.98. The SMILES string of the molecule is Cc1ccc([C@@H](C)NCCCC[C@@H](Cc2cc(C)c(F)c(C)c2)C(=O)NO)nc1. The number of aromatic nitrogens is 1. The van der Waals surface area contributed by atoms with E-state index in [2.05, 4.69) is 23.3 Å². The van der Waals surface area contributed by atoms with Crippen LogP contribution in [0.1, 0.15) is 60.2 Å². The number of carbonyl (C=O) groups is 1. The van der Waals surface area contributed by atoms with E-state index in [1.54, 1.807) is 31.5 Å². The van der Waals surface area contributed by atoms with Gasteiger partial charge in [0.2, 0.25) is 5.91 Å². The Morgan fingerprint density at radius 2 is 1.86 bits per heavy atom. The van der Waals surface area contributed by atoms with E-state index >= 15 is 0 Å². The summed E-state index contributed by atoms with van der Waals surface area (Å²) in [6, 6.07) is 7.80. The fraction of sp³-hybridized carbons (Fsp3) is 0.478. The molecule has 0 saturated heterocycles. The number of rotatable bonds is 10. The maximum Gasteiger partial charge on any atom is 0.246 e. The first-order valence-electron chi connectivity index (χ1n) is 10.2. The molecular formula is C23H32FN3O2. The molecule has 29 heavy (non-hydrogen) atoms. The van der Waals surface area contributed by atoms with Crippen molar-refractivity contribution in [3.8, 4) is 0 Å². The Morgan fingerprint density at radius 3 is 2.45 bits per heavy atom. The molecule has 1 amide bonds. The van der Waals surface area contributed by atoms with Gasteiger partial charge in [-0.25, -0.2) is 9.87 Å². The van der Waals surface area contributed by atoms with Crippen LogP contribution in [0.4, 0.5) is 4.39 Å². The molecule has 1 heterocycles. The molecular weight excluding hydrogens is 369 g/mol. The van der Waals surface area contributed by atoms with Crippen LogP contribution < -0.4 is 10.8 Å². The predicted molar refractivity (Wildman–Crippen MR) is 112 cm³/mol. The monoisotopic (exact) mass is 401 g/mol. The highest BCUT2D eigenvalue weighted by Crippen LogP contribution is 2.20. The van der Waals surface area contributed by atoms with Crippen LogP contribution in [0.5, 0.6) is 0 Å². The van der Waals surface area contributed by atoms with Gasteiger partial charge in [-0.1, -0.05) is 24.6 Å². The van der Waals surface area contributed by atoms with Crippen LogP contribution in [-0.4, -0.2) is 22.6 Å². The fourth-order valence-electron chi connectivity index (χ4n) is 3.53. The summed E-state index contributed by atoms with van der Waals surface area (Å²) >= 11 is 0. The van der Waals surface area contributed by atoms with Crippen molar-refractivity contribution in [1.82, 2.24) is 15.8 Å². The van der Waals surface area contributed by atoms with Crippen LogP contribution in [0.15, 0.2) is 30.5 Å². The van der Waals surface area contributed by atoms with E-state index in [9.17, 15) is 9.18 Å². The lowest BCUT2D eigenvalue weighted by molar-refractivity contribution is -0.133. The number of amides is 1. The topological polar surface area (TPSA) is 74.2 Å². The van der Waals surface area contributed by atoms with Gasteiger partial charge in [0.15, 0.2) is 0 Å². The second-order valence-corrected chi connectivity index (χ2v) is 7.85. The second-order valence-electron chi connectivity index (χ2n) is 7.85. The molecule has 1 aromatic carbocycles. The summed E-state index contributed by atoms with van der Waals surface area (Å²) in [6.45, 7) is 8.37. The lowest BCUT2D eigenvalue weighted by atomic mass is 9.91. The molecule has 1 aromatic heterocycles. The smallest absolute Gasteiger partial charge is 0.246 e. The van der Waals surface area contributed by atoms with Crippen molar-refractivity contribution in [2.45, 2.75) is 59.4 Å². The van der Waals surface area contributed by atoms with Crippen molar-refractivity contribution in [2.75, 3.05) is 6.54 Å². The lowest BCUT2D eigenvalue weighted by Gasteiger charge is -2.17. The summed E-state index contributed by atoms with van der Waals surface area (Å²) in [5, 5.41) is 12.5. The minimum Gasteiger partial charge on any atom is -0.309 e. The van der Waals surface area contributed by atoms with Crippen molar-refractivity contribution in [2.24, 2.45) is 5.92 Å². The number of hydrogen-bond donors (Lipinski definition) is 3. The van der Waals surface area contributed by atoms with E-state index in [0.717, 1.165) is 36.2 Å². The molecule has 0 radical (unpaired) electrons. The number of hydroxylamine groups is 1. The normalized spacial score (nSPS) is 13.2. The third-order valence-electron chi connectivity index (χ3n) is 5.27. The highest BCUT2D eigenvalue weighted by Gasteiger charge is 2.19. The summed E-state index contributed by atoms with van der Waals surface area (Å²) in [5.74, 6) is -0.949. The molecule has 0 aliphatic rings. The number of carbonyl (C=O) groups excluding carboxylic acids is 1. The van der Waals surface area contributed by atoms with Gasteiger partial charge in [-0.3, -0.25) is 15.0 Å². The zero-order chi connectivity index (χ0) is 21.4. The number of nitrogens with one attached hydrogen (secondary N) is 2. The molecule has 5 nitrogen and oxygen atoms in total. The second kappa shape index (κ2) is 11.0. The molecule has 0 saturated carbocycles. The Bertz CT molecular complexity index is 785. The minimum atomic E-state index is -0.394. The van der Waals surface area contributed by atoms with Crippen LogP contribution >= 0.6 is 0 Å². The Morgan fingerprint density at radius 1 is 1.17 bits per heavy atom. The average Bonchev–Trinajstić information content (AvgIpc) is 2.70. The van der Waals surface area contributed by atoms with Gasteiger partial charge in [-0.15, -0.1) is 0 Å². The molecule has 0 aliphatic carbocycles. The van der Waals surface area contributed by atoms with Crippen LogP contribution in [0.25, 0.3) is 0 Å². The largest absolute Gasteiger partial charge is 0.309 e. The van der Waals surface area contributed by atoms with Gasteiger partial charge in [0, 0.05) is 18.2 Å². The summed E-state index contributed by atoms with van der Waals surface area (Å²) in [4.78, 5) is 16.5. The molecule has 0 unspecified atom stereocenters. The van der Waals surface area contributed by atoms with Crippen molar-refractivity contribution in [3.63, 3.8) is 0 Å². The fourth-order valence-corrected chi connectivity index (χ4v) is 3.53. The number of halogens is 1. The average molecular weight is 402 g/mol. The van der Waals surface area contributed by atoms with Crippen LogP contribution in [0.2, 0.25) is 0 Å². The molecule has 0 spiro atoms. The lowest BCUT2D eigenvalue weighted by Crippen LogP contribution is -2.29. The van der Waals surface area contributed by atoms with Crippen LogP contribution in [0.3, 0.4) is 0 Å². The third-order valence-corrected chi connectivity index (χ3v) is 5.27. The van der Waals surface area contributed by atoms with Gasteiger partial charge in [0.25, 0.3) is 0 Å². The maximum absolute atomic E-state index is 13.8. The Labute approximate surface area is 172 Å². The molecule has 2 aromatic rings. The van der Waals surface area contributed by atoms with E-state index in [-0.39, 0.29) is 17.8 Å². The Hall–Kier alpha value is -2.31. The summed E-state index contributed by atoms with van der Waals surface area (Å²) in [6.07, 6.45) is 4.75. The molecule has 0 aliphatic heterocycles. The van der Waals surface area contributed by atoms with E-state index < -0.39 is 5.91 Å². The maximum atomic E-state index is 13.8. The Kier molecular flexibility index (Phi) is 8.73. The van der Waals surface area contributed by atoms with Crippen molar-refractivity contribution >= 4 is 5.91 Å². The zero-order valence-corrected chi connectivity index (χ0v) is 17.8. The van der Waals surface area contributed by atoms with E-state index in [0.29, 0.717) is 24.0 Å². The first-order chi connectivity index (χ1) is 13.8. The zero-order valence-electron chi connectivity index (χ0n) is 17.8. The van der Waals surface area contributed by atoms with Crippen molar-refractivity contribution in [1.29, 1.82) is 0 Å². The molecule has 2 rings (SSSR count). The van der Waals surface area contributed by atoms with Gasteiger partial charge in [-0.2, -0.15) is 0 Å². The first kappa shape index (κ1) is 23.0. The van der Waals surface area contributed by atoms with Gasteiger partial charge in [0.05, 0.1) is 5.69 Å². The standard InChI is InChI=1S/C23H32FN3O2/c1-15-8-9-21(26-14-15)18(4)25-10-6-5-7-20(23(28)27-29)13-19-11-16(2)22(24)17(3)12-19/h8-9,11-12,14,18,20,25,29H,5-7,10,13H2,1-4H3,(H,27,28)/t18-,20+/m1/s1. The van der Waals surface area contributed by atoms with E-state index in [4.69, 9.17) is 5.21 Å². The predicted octanol–water partition coefficient (Wildman–Crippen LogP) is 4.33. The summed E-state index contributed by atoms with van der Waals surface area (Å²) < 4.78 is 13.8. The number of unbranched alkanes of at least 4 members (excludes halogenated alkanes) is 1. The van der Waals surface area contributed by atoms with Crippen molar-refractivity contribution in [3.05, 3.63) is 64.2 Å². The molecule has 3 N–H and O–H groups in total. The Balaban J connectivity index is 1.83. The van der Waals surface area contributed by atoms with Gasteiger partial charge in [-0.05, 0) is 81.8 Å². The molecule has 6 heteroatoms. The number of nitrogens with zero attached hydrogens (tertiary/aromatic N) is 1. The highest BCUT2D eigenvalue weighted by atomic mass is 19.1. The minimum absolute atomic E-state index is 0.164. The molecule has 0 bridgehead atoms. The summed E-state index contributed by atoms with van der Waals surface area (Å²) in [7, 11) is 0. The molecule has 158 valence electrons. The van der Waals surface area contributed by atoms with Crippen LogP contribution in [-0.2, 0) is 11.2 Å². The first-order valence-corrected chi connectivity index (χ1v) is 10.2. The molecule has 0 fully saturated rings. The number of hydrogen-bond acceptors (Lipinski definition) is 4. The number of aryl methyl sites for hydroxylation is 3.